The maximum Gasteiger partial charge on any atom is 0.303 e. The normalized spacial score (nSPS) is 21.9. The fraction of sp³-hybridized carbons (Fsp3) is 0.444. The van der Waals surface area contributed by atoms with Crippen LogP contribution in [0.4, 0.5) is 5.69 Å². The first-order valence-electron chi connectivity index (χ1n) is 4.91. The fourth-order valence-corrected chi connectivity index (χ4v) is 3.08. The molecule has 1 N–H and O–H groups in total. The van der Waals surface area contributed by atoms with E-state index in [1.807, 2.05) is 0 Å². The van der Waals surface area contributed by atoms with Gasteiger partial charge in [-0.1, -0.05) is 0 Å². The second kappa shape index (κ2) is 4.67. The molecule has 16 heavy (non-hydrogen) atoms. The largest absolute Gasteiger partial charge is 0.315 e. The zero-order valence-electron chi connectivity index (χ0n) is 8.46. The minimum absolute atomic E-state index is 0.0754. The Morgan fingerprint density at radius 3 is 3.06 bits per heavy atom. The van der Waals surface area contributed by atoms with Crippen molar-refractivity contribution in [2.75, 3.05) is 13.1 Å². The molecule has 0 bridgehead atoms. The van der Waals surface area contributed by atoms with Crippen LogP contribution >= 0.6 is 0 Å². The topological polar surface area (TPSA) is 85.1 Å². The number of aromatic nitrogens is 1. The summed E-state index contributed by atoms with van der Waals surface area (Å²) in [6.45, 7) is 1.43. The predicted octanol–water partition coefficient (Wildman–Crippen LogP) is 0.459. The van der Waals surface area contributed by atoms with Crippen LogP contribution in [-0.4, -0.2) is 32.5 Å². The lowest BCUT2D eigenvalue weighted by Crippen LogP contribution is -2.20. The second-order valence-electron chi connectivity index (χ2n) is 3.50. The summed E-state index contributed by atoms with van der Waals surface area (Å²) in [7, 11) is -1.41. The quantitative estimate of drug-likeness (QED) is 0.613. The highest BCUT2D eigenvalue weighted by molar-refractivity contribution is 7.85. The third kappa shape index (κ3) is 2.10. The summed E-state index contributed by atoms with van der Waals surface area (Å²) in [6, 6.07) is 2.81. The SMILES string of the molecule is O=[N+]([O-])c1cccnc1S(=O)[C@@H]1CCNC1. The molecule has 1 fully saturated rings. The highest BCUT2D eigenvalue weighted by Gasteiger charge is 2.28. The molecule has 2 heterocycles. The van der Waals surface area contributed by atoms with Gasteiger partial charge in [0.15, 0.2) is 0 Å². The van der Waals surface area contributed by atoms with Crippen LogP contribution in [0.2, 0.25) is 0 Å². The van der Waals surface area contributed by atoms with Gasteiger partial charge >= 0.3 is 5.69 Å². The molecule has 1 aromatic heterocycles. The van der Waals surface area contributed by atoms with Crippen molar-refractivity contribution in [2.45, 2.75) is 16.7 Å². The number of nitrogens with one attached hydrogen (secondary N) is 1. The minimum atomic E-state index is -1.41. The molecule has 0 amide bonds. The standard InChI is InChI=1S/C9H11N3O3S/c13-12(14)8-2-1-4-11-9(8)16(15)7-3-5-10-6-7/h1-2,4,7,10H,3,5-6H2/t7-,16?/m1/s1. The number of nitrogens with zero attached hydrogens (tertiary/aromatic N) is 2. The highest BCUT2D eigenvalue weighted by Crippen LogP contribution is 2.23. The van der Waals surface area contributed by atoms with Crippen molar-refractivity contribution in [3.63, 3.8) is 0 Å². The van der Waals surface area contributed by atoms with Crippen molar-refractivity contribution < 1.29 is 9.13 Å². The summed E-state index contributed by atoms with van der Waals surface area (Å²) in [4.78, 5) is 14.1. The fourth-order valence-electron chi connectivity index (χ4n) is 1.65. The smallest absolute Gasteiger partial charge is 0.303 e. The van der Waals surface area contributed by atoms with Gasteiger partial charge in [0.05, 0.1) is 21.0 Å². The van der Waals surface area contributed by atoms with E-state index in [1.54, 1.807) is 0 Å². The molecule has 7 heteroatoms. The maximum absolute atomic E-state index is 12.1. The van der Waals surface area contributed by atoms with Crippen molar-refractivity contribution in [3.05, 3.63) is 28.4 Å². The molecule has 0 aromatic carbocycles. The van der Waals surface area contributed by atoms with Crippen molar-refractivity contribution in [1.82, 2.24) is 10.3 Å². The number of hydrogen-bond donors (Lipinski definition) is 1. The van der Waals surface area contributed by atoms with E-state index >= 15 is 0 Å². The number of nitro groups is 1. The van der Waals surface area contributed by atoms with Gasteiger partial charge in [-0.05, 0) is 19.0 Å². The van der Waals surface area contributed by atoms with Crippen LogP contribution in [0.1, 0.15) is 6.42 Å². The highest BCUT2D eigenvalue weighted by atomic mass is 32.2. The zero-order valence-corrected chi connectivity index (χ0v) is 9.27. The van der Waals surface area contributed by atoms with Crippen LogP contribution in [0, 0.1) is 10.1 Å². The average Bonchev–Trinajstić information content (AvgIpc) is 2.81. The number of rotatable bonds is 3. The van der Waals surface area contributed by atoms with Crippen LogP contribution in [0.3, 0.4) is 0 Å². The Bertz CT molecular complexity index is 432. The van der Waals surface area contributed by atoms with Gasteiger partial charge in [0.2, 0.25) is 5.03 Å². The van der Waals surface area contributed by atoms with Crippen LogP contribution in [0.5, 0.6) is 0 Å². The van der Waals surface area contributed by atoms with Gasteiger partial charge in [0.1, 0.15) is 0 Å². The molecule has 2 atom stereocenters. The second-order valence-corrected chi connectivity index (χ2v) is 5.15. The van der Waals surface area contributed by atoms with Gasteiger partial charge < -0.3 is 5.32 Å². The Kier molecular flexibility index (Phi) is 3.25. The Balaban J connectivity index is 2.32. The maximum atomic E-state index is 12.1. The number of hydrogen-bond acceptors (Lipinski definition) is 5. The van der Waals surface area contributed by atoms with Crippen LogP contribution < -0.4 is 5.32 Å². The average molecular weight is 241 g/mol. The van der Waals surface area contributed by atoms with Gasteiger partial charge in [-0.25, -0.2) is 4.98 Å². The summed E-state index contributed by atoms with van der Waals surface area (Å²) in [5.41, 5.74) is -0.160. The minimum Gasteiger partial charge on any atom is -0.315 e. The monoisotopic (exact) mass is 241 g/mol. The molecule has 2 rings (SSSR count). The molecule has 1 saturated heterocycles. The summed E-state index contributed by atoms with van der Waals surface area (Å²) in [5, 5.41) is 13.8. The molecule has 1 aromatic rings. The summed E-state index contributed by atoms with van der Waals surface area (Å²) < 4.78 is 12.1. The third-order valence-corrected chi connectivity index (χ3v) is 4.16. The molecular formula is C9H11N3O3S. The summed E-state index contributed by atoms with van der Waals surface area (Å²) in [6.07, 6.45) is 2.20. The van der Waals surface area contributed by atoms with Crippen LogP contribution in [-0.2, 0) is 10.8 Å². The van der Waals surface area contributed by atoms with Crippen LogP contribution in [0.15, 0.2) is 23.4 Å². The van der Waals surface area contributed by atoms with Gasteiger partial charge in [0, 0.05) is 18.8 Å². The molecular weight excluding hydrogens is 230 g/mol. The Hall–Kier alpha value is -1.34. The van der Waals surface area contributed by atoms with Crippen molar-refractivity contribution >= 4 is 16.5 Å². The lowest BCUT2D eigenvalue weighted by molar-refractivity contribution is -0.388. The first-order chi connectivity index (χ1) is 7.70. The van der Waals surface area contributed by atoms with Crippen molar-refractivity contribution in [3.8, 4) is 0 Å². The van der Waals surface area contributed by atoms with E-state index in [0.29, 0.717) is 6.54 Å². The molecule has 0 spiro atoms. The molecule has 86 valence electrons. The molecule has 0 radical (unpaired) electrons. The Morgan fingerprint density at radius 1 is 1.62 bits per heavy atom. The van der Waals surface area contributed by atoms with E-state index in [1.165, 1.54) is 18.3 Å². The van der Waals surface area contributed by atoms with Gasteiger partial charge in [-0.15, -0.1) is 0 Å². The van der Waals surface area contributed by atoms with Gasteiger partial charge in [0.25, 0.3) is 0 Å². The van der Waals surface area contributed by atoms with Gasteiger partial charge in [-0.2, -0.15) is 0 Å². The Morgan fingerprint density at radius 2 is 2.44 bits per heavy atom. The van der Waals surface area contributed by atoms with Gasteiger partial charge in [-0.3, -0.25) is 14.3 Å². The lowest BCUT2D eigenvalue weighted by Gasteiger charge is -2.07. The summed E-state index contributed by atoms with van der Waals surface area (Å²) >= 11 is 0. The van der Waals surface area contributed by atoms with Crippen molar-refractivity contribution in [1.29, 1.82) is 0 Å². The first kappa shape index (κ1) is 11.2. The lowest BCUT2D eigenvalue weighted by atomic mass is 10.4. The van der Waals surface area contributed by atoms with Crippen LogP contribution in [0.25, 0.3) is 0 Å². The predicted molar refractivity (Wildman–Crippen MR) is 58.6 cm³/mol. The van der Waals surface area contributed by atoms with E-state index in [2.05, 4.69) is 10.3 Å². The Labute approximate surface area is 94.7 Å². The molecule has 1 aliphatic heterocycles. The van der Waals surface area contributed by atoms with E-state index in [0.717, 1.165) is 13.0 Å². The zero-order chi connectivity index (χ0) is 11.5. The molecule has 0 saturated carbocycles. The van der Waals surface area contributed by atoms with E-state index < -0.39 is 15.7 Å². The third-order valence-electron chi connectivity index (χ3n) is 2.46. The first-order valence-corrected chi connectivity index (χ1v) is 6.12. The van der Waals surface area contributed by atoms with Crippen molar-refractivity contribution in [2.24, 2.45) is 0 Å². The van der Waals surface area contributed by atoms with E-state index in [-0.39, 0.29) is 16.0 Å². The van der Waals surface area contributed by atoms with E-state index in [4.69, 9.17) is 0 Å². The molecule has 0 aliphatic carbocycles. The summed E-state index contributed by atoms with van der Waals surface area (Å²) in [5.74, 6) is 0. The molecule has 1 aliphatic rings. The number of pyridine rings is 1. The molecule has 1 unspecified atom stereocenters. The molecule has 6 nitrogen and oxygen atoms in total. The van der Waals surface area contributed by atoms with E-state index in [9.17, 15) is 14.3 Å².